The second-order valence-electron chi connectivity index (χ2n) is 5.55. The van der Waals surface area contributed by atoms with Crippen LogP contribution >= 0.6 is 15.9 Å². The lowest BCUT2D eigenvalue weighted by atomic mass is 10.2. The van der Waals surface area contributed by atoms with Crippen molar-refractivity contribution in [3.05, 3.63) is 52.5 Å². The van der Waals surface area contributed by atoms with E-state index in [2.05, 4.69) is 36.2 Å². The second-order valence-corrected chi connectivity index (χ2v) is 6.46. The monoisotopic (exact) mass is 430 g/mol. The standard InChI is InChI=1S/C18H12BrFN4O3/c1-26-15-6-14-9(4-13(15)25)7-21-16-17(22-8-23-18(16)27-14)24-12-3-2-10(19)5-11(12)20/h2-8,25H,1H3,(H,22,23,24). The molecule has 0 atom stereocenters. The number of aromatic hydroxyl groups is 1. The molecule has 0 saturated heterocycles. The third-order valence-electron chi connectivity index (χ3n) is 3.82. The predicted octanol–water partition coefficient (Wildman–Crippen LogP) is 4.69. The number of anilines is 2. The van der Waals surface area contributed by atoms with Crippen LogP contribution in [0.15, 0.2) is 46.1 Å². The number of rotatable bonds is 3. The van der Waals surface area contributed by atoms with Gasteiger partial charge in [0.05, 0.1) is 12.8 Å². The topological polar surface area (TPSA) is 88.9 Å². The number of aromatic nitrogens is 2. The summed E-state index contributed by atoms with van der Waals surface area (Å²) >= 11 is 3.22. The molecule has 27 heavy (non-hydrogen) atoms. The molecule has 0 radical (unpaired) electrons. The number of hydrogen-bond acceptors (Lipinski definition) is 7. The normalized spacial score (nSPS) is 11.8. The third-order valence-corrected chi connectivity index (χ3v) is 4.32. The zero-order valence-corrected chi connectivity index (χ0v) is 15.5. The van der Waals surface area contributed by atoms with Gasteiger partial charge in [0.25, 0.3) is 5.88 Å². The van der Waals surface area contributed by atoms with Crippen LogP contribution in [-0.2, 0) is 0 Å². The van der Waals surface area contributed by atoms with Crippen molar-refractivity contribution in [3.63, 3.8) is 0 Å². The predicted molar refractivity (Wildman–Crippen MR) is 101 cm³/mol. The molecule has 9 heteroatoms. The van der Waals surface area contributed by atoms with Crippen LogP contribution < -0.4 is 14.8 Å². The molecular formula is C18H12BrFN4O3. The Morgan fingerprint density at radius 2 is 2.07 bits per heavy atom. The minimum absolute atomic E-state index is 0.0429. The summed E-state index contributed by atoms with van der Waals surface area (Å²) in [6, 6.07) is 7.63. The maximum Gasteiger partial charge on any atom is 0.250 e. The van der Waals surface area contributed by atoms with Crippen molar-refractivity contribution in [2.45, 2.75) is 0 Å². The molecule has 2 N–H and O–H groups in total. The van der Waals surface area contributed by atoms with Crippen molar-refractivity contribution in [2.24, 2.45) is 4.99 Å². The summed E-state index contributed by atoms with van der Waals surface area (Å²) < 4.78 is 25.7. The van der Waals surface area contributed by atoms with E-state index in [1.54, 1.807) is 12.1 Å². The summed E-state index contributed by atoms with van der Waals surface area (Å²) in [5.41, 5.74) is 1.07. The van der Waals surface area contributed by atoms with Gasteiger partial charge in [-0.25, -0.2) is 14.4 Å². The van der Waals surface area contributed by atoms with E-state index in [1.165, 1.54) is 37.9 Å². The Hall–Kier alpha value is -3.20. The lowest BCUT2D eigenvalue weighted by Crippen LogP contribution is -1.99. The number of phenolic OH excluding ortho intramolecular Hbond substituents is 1. The van der Waals surface area contributed by atoms with Gasteiger partial charge in [0.2, 0.25) is 0 Å². The van der Waals surface area contributed by atoms with E-state index in [1.807, 2.05) is 0 Å². The number of methoxy groups -OCH3 is 1. The molecule has 1 aliphatic heterocycles. The molecule has 4 rings (SSSR count). The summed E-state index contributed by atoms with van der Waals surface area (Å²) in [5.74, 6) is 0.641. The number of nitrogens with zero attached hydrogens (tertiary/aromatic N) is 3. The van der Waals surface area contributed by atoms with Crippen LogP contribution in [0.2, 0.25) is 0 Å². The lowest BCUT2D eigenvalue weighted by Gasteiger charge is -2.12. The van der Waals surface area contributed by atoms with Gasteiger partial charge in [-0.1, -0.05) is 15.9 Å². The fourth-order valence-corrected chi connectivity index (χ4v) is 2.85. The maximum absolute atomic E-state index is 14.1. The number of benzene rings is 2. The molecule has 7 nitrogen and oxygen atoms in total. The molecule has 0 unspecified atom stereocenters. The van der Waals surface area contributed by atoms with Gasteiger partial charge in [-0.3, -0.25) is 0 Å². The first-order chi connectivity index (χ1) is 13.0. The van der Waals surface area contributed by atoms with Gasteiger partial charge in [-0.2, -0.15) is 4.98 Å². The summed E-state index contributed by atoms with van der Waals surface area (Å²) in [6.45, 7) is 0. The van der Waals surface area contributed by atoms with Crippen LogP contribution in [0.4, 0.5) is 21.6 Å². The first-order valence-corrected chi connectivity index (χ1v) is 8.54. The van der Waals surface area contributed by atoms with Crippen LogP contribution in [0.3, 0.4) is 0 Å². The Morgan fingerprint density at radius 3 is 2.85 bits per heavy atom. The number of hydrogen-bond donors (Lipinski definition) is 2. The van der Waals surface area contributed by atoms with Crippen molar-refractivity contribution in [3.8, 4) is 23.1 Å². The van der Waals surface area contributed by atoms with Crippen molar-refractivity contribution in [1.82, 2.24) is 9.97 Å². The Labute approximate surface area is 161 Å². The van der Waals surface area contributed by atoms with E-state index >= 15 is 0 Å². The highest BCUT2D eigenvalue weighted by molar-refractivity contribution is 9.10. The molecule has 1 aromatic heterocycles. The van der Waals surface area contributed by atoms with Gasteiger partial charge >= 0.3 is 0 Å². The van der Waals surface area contributed by atoms with Crippen LogP contribution in [0, 0.1) is 5.82 Å². The maximum atomic E-state index is 14.1. The molecule has 0 saturated carbocycles. The first kappa shape index (κ1) is 17.2. The highest BCUT2D eigenvalue weighted by Gasteiger charge is 2.20. The zero-order valence-electron chi connectivity index (χ0n) is 13.9. The second kappa shape index (κ2) is 6.84. The molecule has 0 fully saturated rings. The molecule has 0 spiro atoms. The number of phenols is 1. The van der Waals surface area contributed by atoms with E-state index in [-0.39, 0.29) is 28.9 Å². The number of aliphatic imine (C=N–C) groups is 1. The molecule has 1 aliphatic rings. The van der Waals surface area contributed by atoms with E-state index in [0.29, 0.717) is 21.5 Å². The van der Waals surface area contributed by atoms with Gasteiger partial charge in [0.1, 0.15) is 17.9 Å². The number of fused-ring (bicyclic) bond motifs is 2. The number of ether oxygens (including phenoxy) is 2. The van der Waals surface area contributed by atoms with Crippen LogP contribution in [0.5, 0.6) is 23.1 Å². The third kappa shape index (κ3) is 3.28. The molecule has 0 aliphatic carbocycles. The molecule has 2 heterocycles. The van der Waals surface area contributed by atoms with Crippen molar-refractivity contribution in [2.75, 3.05) is 12.4 Å². The minimum Gasteiger partial charge on any atom is -0.504 e. The van der Waals surface area contributed by atoms with Crippen molar-refractivity contribution >= 4 is 39.3 Å². The lowest BCUT2D eigenvalue weighted by molar-refractivity contribution is 0.369. The molecule has 2 aromatic carbocycles. The average molecular weight is 431 g/mol. The Balaban J connectivity index is 1.75. The molecule has 3 aromatic rings. The Morgan fingerprint density at radius 1 is 1.22 bits per heavy atom. The quantitative estimate of drug-likeness (QED) is 0.489. The van der Waals surface area contributed by atoms with Gasteiger partial charge in [0.15, 0.2) is 23.0 Å². The summed E-state index contributed by atoms with van der Waals surface area (Å²) in [5, 5.41) is 12.9. The summed E-state index contributed by atoms with van der Waals surface area (Å²) in [4.78, 5) is 12.6. The number of halogens is 2. The van der Waals surface area contributed by atoms with Crippen LogP contribution in [0.1, 0.15) is 5.56 Å². The van der Waals surface area contributed by atoms with E-state index < -0.39 is 5.82 Å². The highest BCUT2D eigenvalue weighted by atomic mass is 79.9. The van der Waals surface area contributed by atoms with Crippen molar-refractivity contribution < 1.29 is 19.0 Å². The molecule has 0 bridgehead atoms. The summed E-state index contributed by atoms with van der Waals surface area (Å²) in [7, 11) is 1.44. The van der Waals surface area contributed by atoms with E-state index in [9.17, 15) is 9.50 Å². The van der Waals surface area contributed by atoms with Crippen LogP contribution in [-0.4, -0.2) is 28.4 Å². The zero-order chi connectivity index (χ0) is 19.0. The molecule has 136 valence electrons. The largest absolute Gasteiger partial charge is 0.504 e. The minimum atomic E-state index is -0.451. The van der Waals surface area contributed by atoms with E-state index in [4.69, 9.17) is 9.47 Å². The number of nitrogens with one attached hydrogen (secondary N) is 1. The summed E-state index contributed by atoms with van der Waals surface area (Å²) in [6.07, 6.45) is 2.79. The van der Waals surface area contributed by atoms with Crippen molar-refractivity contribution in [1.29, 1.82) is 0 Å². The van der Waals surface area contributed by atoms with Gasteiger partial charge < -0.3 is 19.9 Å². The van der Waals surface area contributed by atoms with Gasteiger partial charge in [-0.05, 0) is 24.3 Å². The SMILES string of the molecule is COc1cc2c(cc1O)C=Nc1c(Nc3ccc(Br)cc3F)ncnc1O2. The first-order valence-electron chi connectivity index (χ1n) is 7.75. The molecule has 0 amide bonds. The fourth-order valence-electron chi connectivity index (χ4n) is 2.52. The van der Waals surface area contributed by atoms with E-state index in [0.717, 1.165) is 0 Å². The average Bonchev–Trinajstić information content (AvgIpc) is 2.82. The van der Waals surface area contributed by atoms with Crippen LogP contribution in [0.25, 0.3) is 0 Å². The Kier molecular flexibility index (Phi) is 4.36. The Bertz CT molecular complexity index is 1070. The fraction of sp³-hybridized carbons (Fsp3) is 0.0556. The van der Waals surface area contributed by atoms with Gasteiger partial charge in [0, 0.05) is 22.3 Å². The smallest absolute Gasteiger partial charge is 0.250 e. The van der Waals surface area contributed by atoms with Gasteiger partial charge in [-0.15, -0.1) is 0 Å². The molecular weight excluding hydrogens is 419 g/mol. The highest BCUT2D eigenvalue weighted by Crippen LogP contribution is 2.42.